The first-order valence-electron chi connectivity index (χ1n) is 7.96. The minimum absolute atomic E-state index is 0.169. The summed E-state index contributed by atoms with van der Waals surface area (Å²) in [5.74, 6) is -0.169. The molecule has 0 aliphatic carbocycles. The number of aromatic nitrogens is 2. The van der Waals surface area contributed by atoms with Crippen molar-refractivity contribution in [1.29, 1.82) is 0 Å². The number of rotatable bonds is 4. The molecule has 1 atom stereocenters. The van der Waals surface area contributed by atoms with E-state index in [0.29, 0.717) is 18.7 Å². The zero-order valence-corrected chi connectivity index (χ0v) is 14.2. The van der Waals surface area contributed by atoms with Gasteiger partial charge in [-0.05, 0) is 27.2 Å². The molecule has 1 fully saturated rings. The summed E-state index contributed by atoms with van der Waals surface area (Å²) in [6.45, 7) is 9.13. The second-order valence-corrected chi connectivity index (χ2v) is 6.62. The van der Waals surface area contributed by atoms with Crippen molar-refractivity contribution < 1.29 is 19.1 Å². The molecule has 0 spiro atoms. The predicted octanol–water partition coefficient (Wildman–Crippen LogP) is 2.11. The summed E-state index contributed by atoms with van der Waals surface area (Å²) in [6.07, 6.45) is 3.71. The average molecular weight is 323 g/mol. The number of amides is 1. The molecule has 1 aliphatic rings. The largest absolute Gasteiger partial charge is 0.444 e. The fraction of sp³-hybridized carbons (Fsp3) is 0.688. The Morgan fingerprint density at radius 1 is 1.43 bits per heavy atom. The third-order valence-corrected chi connectivity index (χ3v) is 3.43. The van der Waals surface area contributed by atoms with Gasteiger partial charge < -0.3 is 9.47 Å². The number of hydrogen-bond donors (Lipinski definition) is 0. The SMILES string of the molecule is CCCn1cc(C(=O)C2COCCN2C(=O)OC(C)(C)C)cn1. The zero-order chi connectivity index (χ0) is 17.0. The lowest BCUT2D eigenvalue weighted by Crippen LogP contribution is -2.53. The normalized spacial score (nSPS) is 18.8. The fourth-order valence-electron chi connectivity index (χ4n) is 2.39. The van der Waals surface area contributed by atoms with Crippen molar-refractivity contribution in [2.24, 2.45) is 0 Å². The number of carbonyl (C=O) groups is 2. The quantitative estimate of drug-likeness (QED) is 0.794. The van der Waals surface area contributed by atoms with Gasteiger partial charge in [0.2, 0.25) is 0 Å². The van der Waals surface area contributed by atoms with Crippen LogP contribution in [0.15, 0.2) is 12.4 Å². The molecule has 1 amide bonds. The van der Waals surface area contributed by atoms with Crippen molar-refractivity contribution in [1.82, 2.24) is 14.7 Å². The van der Waals surface area contributed by atoms with Gasteiger partial charge in [0, 0.05) is 19.3 Å². The van der Waals surface area contributed by atoms with Crippen molar-refractivity contribution in [3.63, 3.8) is 0 Å². The summed E-state index contributed by atoms with van der Waals surface area (Å²) in [6, 6.07) is -0.669. The van der Waals surface area contributed by atoms with Gasteiger partial charge in [-0.15, -0.1) is 0 Å². The maximum Gasteiger partial charge on any atom is 0.411 e. The predicted molar refractivity (Wildman–Crippen MR) is 84.4 cm³/mol. The van der Waals surface area contributed by atoms with E-state index in [1.807, 2.05) is 6.92 Å². The Kier molecular flexibility index (Phi) is 5.41. The van der Waals surface area contributed by atoms with E-state index in [2.05, 4.69) is 5.10 Å². The number of nitrogens with zero attached hydrogens (tertiary/aromatic N) is 3. The molecule has 1 aromatic heterocycles. The van der Waals surface area contributed by atoms with E-state index >= 15 is 0 Å². The molecular weight excluding hydrogens is 298 g/mol. The van der Waals surface area contributed by atoms with Crippen LogP contribution in [-0.2, 0) is 16.0 Å². The van der Waals surface area contributed by atoms with Gasteiger partial charge in [0.15, 0.2) is 5.78 Å². The van der Waals surface area contributed by atoms with Crippen LogP contribution >= 0.6 is 0 Å². The number of hydrogen-bond acceptors (Lipinski definition) is 5. The van der Waals surface area contributed by atoms with Gasteiger partial charge in [-0.25, -0.2) is 4.79 Å². The zero-order valence-electron chi connectivity index (χ0n) is 14.2. The average Bonchev–Trinajstić information content (AvgIpc) is 2.94. The first-order valence-corrected chi connectivity index (χ1v) is 7.96. The van der Waals surface area contributed by atoms with Gasteiger partial charge in [0.1, 0.15) is 11.6 Å². The highest BCUT2D eigenvalue weighted by atomic mass is 16.6. The van der Waals surface area contributed by atoms with Crippen LogP contribution in [-0.4, -0.2) is 58.0 Å². The van der Waals surface area contributed by atoms with Gasteiger partial charge in [-0.1, -0.05) is 6.92 Å². The van der Waals surface area contributed by atoms with Gasteiger partial charge in [-0.3, -0.25) is 14.4 Å². The first kappa shape index (κ1) is 17.5. The Bertz CT molecular complexity index is 562. The van der Waals surface area contributed by atoms with E-state index < -0.39 is 17.7 Å². The van der Waals surface area contributed by atoms with Crippen LogP contribution < -0.4 is 0 Å². The van der Waals surface area contributed by atoms with Crippen LogP contribution in [0, 0.1) is 0 Å². The van der Waals surface area contributed by atoms with E-state index in [9.17, 15) is 9.59 Å². The number of carbonyl (C=O) groups excluding carboxylic acids is 2. The van der Waals surface area contributed by atoms with Crippen LogP contribution in [0.25, 0.3) is 0 Å². The third kappa shape index (κ3) is 4.54. The highest BCUT2D eigenvalue weighted by molar-refractivity contribution is 6.01. The van der Waals surface area contributed by atoms with Crippen molar-refractivity contribution in [2.45, 2.75) is 52.3 Å². The smallest absolute Gasteiger partial charge is 0.411 e. The van der Waals surface area contributed by atoms with Crippen LogP contribution in [0.5, 0.6) is 0 Å². The fourth-order valence-corrected chi connectivity index (χ4v) is 2.39. The van der Waals surface area contributed by atoms with Crippen molar-refractivity contribution in [3.05, 3.63) is 18.0 Å². The lowest BCUT2D eigenvalue weighted by atomic mass is 10.1. The molecule has 0 N–H and O–H groups in total. The molecule has 23 heavy (non-hydrogen) atoms. The molecule has 1 aromatic rings. The maximum atomic E-state index is 12.7. The van der Waals surface area contributed by atoms with Gasteiger partial charge in [-0.2, -0.15) is 5.10 Å². The molecule has 0 aromatic carbocycles. The van der Waals surface area contributed by atoms with Crippen molar-refractivity contribution in [2.75, 3.05) is 19.8 Å². The lowest BCUT2D eigenvalue weighted by Gasteiger charge is -2.35. The van der Waals surface area contributed by atoms with E-state index in [0.717, 1.165) is 13.0 Å². The van der Waals surface area contributed by atoms with Crippen LogP contribution in [0.2, 0.25) is 0 Å². The number of Topliss-reactive ketones (excluding diaryl/α,β-unsaturated/α-hetero) is 1. The van der Waals surface area contributed by atoms with Gasteiger partial charge >= 0.3 is 6.09 Å². The summed E-state index contributed by atoms with van der Waals surface area (Å²) >= 11 is 0. The number of morpholine rings is 1. The molecular formula is C16H25N3O4. The summed E-state index contributed by atoms with van der Waals surface area (Å²) in [5.41, 5.74) is -0.114. The second kappa shape index (κ2) is 7.12. The standard InChI is InChI=1S/C16H25N3O4/c1-5-6-18-10-12(9-17-18)14(20)13-11-22-8-7-19(13)15(21)23-16(2,3)4/h9-10,13H,5-8,11H2,1-4H3. The molecule has 2 heterocycles. The van der Waals surface area contributed by atoms with E-state index in [4.69, 9.17) is 9.47 Å². The van der Waals surface area contributed by atoms with Crippen LogP contribution in [0.3, 0.4) is 0 Å². The second-order valence-electron chi connectivity index (χ2n) is 6.62. The van der Waals surface area contributed by atoms with E-state index in [1.165, 1.54) is 4.90 Å². The summed E-state index contributed by atoms with van der Waals surface area (Å²) in [4.78, 5) is 26.5. The van der Waals surface area contributed by atoms with E-state index in [-0.39, 0.29) is 12.4 Å². The Hall–Kier alpha value is -1.89. The molecule has 2 rings (SSSR count). The molecule has 1 saturated heterocycles. The minimum atomic E-state index is -0.669. The molecule has 7 nitrogen and oxygen atoms in total. The maximum absolute atomic E-state index is 12.7. The third-order valence-electron chi connectivity index (χ3n) is 3.43. The Labute approximate surface area is 136 Å². The lowest BCUT2D eigenvalue weighted by molar-refractivity contribution is -0.0265. The molecule has 128 valence electrons. The highest BCUT2D eigenvalue weighted by Gasteiger charge is 2.36. The Morgan fingerprint density at radius 3 is 2.83 bits per heavy atom. The number of ketones is 1. The van der Waals surface area contributed by atoms with Gasteiger partial charge in [0.25, 0.3) is 0 Å². The van der Waals surface area contributed by atoms with Crippen molar-refractivity contribution >= 4 is 11.9 Å². The van der Waals surface area contributed by atoms with Crippen LogP contribution in [0.1, 0.15) is 44.5 Å². The number of aryl methyl sites for hydroxylation is 1. The Morgan fingerprint density at radius 2 is 2.17 bits per heavy atom. The van der Waals surface area contributed by atoms with Crippen LogP contribution in [0.4, 0.5) is 4.79 Å². The monoisotopic (exact) mass is 323 g/mol. The van der Waals surface area contributed by atoms with E-state index in [1.54, 1.807) is 37.8 Å². The topological polar surface area (TPSA) is 73.7 Å². The Balaban J connectivity index is 2.13. The van der Waals surface area contributed by atoms with Crippen molar-refractivity contribution in [3.8, 4) is 0 Å². The summed E-state index contributed by atoms with van der Waals surface area (Å²) in [5, 5.41) is 4.17. The highest BCUT2D eigenvalue weighted by Crippen LogP contribution is 2.17. The first-order chi connectivity index (χ1) is 10.8. The minimum Gasteiger partial charge on any atom is -0.444 e. The van der Waals surface area contributed by atoms with Gasteiger partial charge in [0.05, 0.1) is 25.0 Å². The molecule has 1 aliphatic heterocycles. The molecule has 0 radical (unpaired) electrons. The molecule has 7 heteroatoms. The molecule has 0 saturated carbocycles. The molecule has 0 bridgehead atoms. The molecule has 1 unspecified atom stereocenters. The summed E-state index contributed by atoms with van der Waals surface area (Å²) < 4.78 is 12.5. The number of ether oxygens (including phenoxy) is 2. The summed E-state index contributed by atoms with van der Waals surface area (Å²) in [7, 11) is 0.